The first-order valence-corrected chi connectivity index (χ1v) is 8.54. The number of anilines is 1. The Morgan fingerprint density at radius 2 is 1.68 bits per heavy atom. The second-order valence-electron chi connectivity index (χ2n) is 5.93. The van der Waals surface area contributed by atoms with Gasteiger partial charge in [-0.25, -0.2) is 0 Å². The third kappa shape index (κ3) is 4.42. The summed E-state index contributed by atoms with van der Waals surface area (Å²) in [5, 5.41) is 13.7. The van der Waals surface area contributed by atoms with Crippen molar-refractivity contribution in [2.75, 3.05) is 12.4 Å². The molecule has 0 aliphatic carbocycles. The van der Waals surface area contributed by atoms with Crippen LogP contribution in [0.5, 0.6) is 5.75 Å². The van der Waals surface area contributed by atoms with Gasteiger partial charge in [-0.15, -0.1) is 0 Å². The van der Waals surface area contributed by atoms with Crippen LogP contribution < -0.4 is 10.1 Å². The van der Waals surface area contributed by atoms with Crippen LogP contribution in [0.4, 0.5) is 11.4 Å². The lowest BCUT2D eigenvalue weighted by Gasteiger charge is -2.07. The van der Waals surface area contributed by atoms with Crippen molar-refractivity contribution in [2.24, 2.45) is 0 Å². The molecule has 140 valence electrons. The smallest absolute Gasteiger partial charge is 0.273 e. The Bertz CT molecular complexity index is 1010. The molecule has 3 aromatic carbocycles. The highest BCUT2D eigenvalue weighted by molar-refractivity contribution is 6.04. The van der Waals surface area contributed by atoms with Gasteiger partial charge in [-0.05, 0) is 17.2 Å². The lowest BCUT2D eigenvalue weighted by atomic mass is 10.0. The highest BCUT2D eigenvalue weighted by Gasteiger charge is 2.10. The molecule has 0 aromatic heterocycles. The van der Waals surface area contributed by atoms with E-state index in [2.05, 4.69) is 5.32 Å². The summed E-state index contributed by atoms with van der Waals surface area (Å²) >= 11 is 0. The molecule has 0 heterocycles. The number of ether oxygens (including phenoxy) is 1. The number of non-ortho nitro benzene ring substituents is 1. The summed E-state index contributed by atoms with van der Waals surface area (Å²) in [5.41, 5.74) is 3.14. The van der Waals surface area contributed by atoms with Gasteiger partial charge in [0.25, 0.3) is 5.69 Å². The van der Waals surface area contributed by atoms with Crippen molar-refractivity contribution < 1.29 is 14.5 Å². The van der Waals surface area contributed by atoms with Gasteiger partial charge in [0, 0.05) is 23.9 Å². The number of hydrogen-bond donors (Lipinski definition) is 1. The van der Waals surface area contributed by atoms with E-state index in [1.807, 2.05) is 42.5 Å². The fourth-order valence-corrected chi connectivity index (χ4v) is 2.67. The van der Waals surface area contributed by atoms with E-state index in [4.69, 9.17) is 4.74 Å². The van der Waals surface area contributed by atoms with Crippen LogP contribution >= 0.6 is 0 Å². The number of methoxy groups -OCH3 is 1. The third-order valence-electron chi connectivity index (χ3n) is 4.15. The molecule has 3 rings (SSSR count). The molecule has 0 aliphatic heterocycles. The van der Waals surface area contributed by atoms with Gasteiger partial charge in [0.2, 0.25) is 0 Å². The summed E-state index contributed by atoms with van der Waals surface area (Å²) in [6.45, 7) is 0. The van der Waals surface area contributed by atoms with Crippen molar-refractivity contribution in [1.29, 1.82) is 0 Å². The van der Waals surface area contributed by atoms with Crippen LogP contribution in [0.3, 0.4) is 0 Å². The zero-order chi connectivity index (χ0) is 19.9. The number of allylic oxidation sites excluding steroid dienone is 1. The number of nitro groups is 1. The van der Waals surface area contributed by atoms with Crippen LogP contribution in [-0.2, 0) is 0 Å². The Labute approximate surface area is 162 Å². The summed E-state index contributed by atoms with van der Waals surface area (Å²) in [5.74, 6) is 0.159. The van der Waals surface area contributed by atoms with E-state index < -0.39 is 4.92 Å². The van der Waals surface area contributed by atoms with E-state index in [0.717, 1.165) is 11.1 Å². The van der Waals surface area contributed by atoms with Gasteiger partial charge in [-0.2, -0.15) is 0 Å². The highest BCUT2D eigenvalue weighted by atomic mass is 16.6. The molecule has 0 saturated heterocycles. The zero-order valence-corrected chi connectivity index (χ0v) is 15.2. The zero-order valence-electron chi connectivity index (χ0n) is 15.2. The first-order chi connectivity index (χ1) is 13.6. The van der Waals surface area contributed by atoms with E-state index in [9.17, 15) is 14.9 Å². The summed E-state index contributed by atoms with van der Waals surface area (Å²) < 4.78 is 5.15. The average molecular weight is 374 g/mol. The molecule has 28 heavy (non-hydrogen) atoms. The summed E-state index contributed by atoms with van der Waals surface area (Å²) in [6, 6.07) is 21.5. The number of hydrogen-bond acceptors (Lipinski definition) is 5. The predicted octanol–water partition coefficient (Wildman–Crippen LogP) is 5.08. The number of nitrogens with one attached hydrogen (secondary N) is 1. The Kier molecular flexibility index (Phi) is 5.81. The van der Waals surface area contributed by atoms with E-state index in [1.54, 1.807) is 12.1 Å². The van der Waals surface area contributed by atoms with E-state index in [-0.39, 0.29) is 11.5 Å². The summed E-state index contributed by atoms with van der Waals surface area (Å²) in [4.78, 5) is 22.7. The number of nitro benzene ring substituents is 1. The van der Waals surface area contributed by atoms with Gasteiger partial charge in [0.1, 0.15) is 5.75 Å². The predicted molar refractivity (Wildman–Crippen MR) is 109 cm³/mol. The molecule has 0 fully saturated rings. The SMILES string of the molecule is COc1cc([N+](=O)[O-])ccc1N/C=C/C(=O)c1ccc(-c2ccccc2)cc1. The van der Waals surface area contributed by atoms with Crippen molar-refractivity contribution in [3.8, 4) is 16.9 Å². The van der Waals surface area contributed by atoms with Gasteiger partial charge in [0.15, 0.2) is 5.78 Å². The molecule has 3 aromatic rings. The Balaban J connectivity index is 1.68. The quantitative estimate of drug-likeness (QED) is 0.270. The molecule has 0 spiro atoms. The number of nitrogens with zero attached hydrogens (tertiary/aromatic N) is 1. The minimum Gasteiger partial charge on any atom is -0.494 e. The minimum absolute atomic E-state index is 0.0686. The maximum Gasteiger partial charge on any atom is 0.273 e. The van der Waals surface area contributed by atoms with Gasteiger partial charge < -0.3 is 10.1 Å². The van der Waals surface area contributed by atoms with E-state index in [1.165, 1.54) is 37.6 Å². The summed E-state index contributed by atoms with van der Waals surface area (Å²) in [6.07, 6.45) is 2.88. The first-order valence-electron chi connectivity index (χ1n) is 8.54. The van der Waals surface area contributed by atoms with Crippen LogP contribution in [-0.4, -0.2) is 17.8 Å². The largest absolute Gasteiger partial charge is 0.494 e. The molecule has 0 saturated carbocycles. The molecule has 1 N–H and O–H groups in total. The maximum absolute atomic E-state index is 12.3. The minimum atomic E-state index is -0.495. The van der Waals surface area contributed by atoms with Gasteiger partial charge in [-0.3, -0.25) is 14.9 Å². The normalized spacial score (nSPS) is 10.6. The molecule has 0 atom stereocenters. The highest BCUT2D eigenvalue weighted by Crippen LogP contribution is 2.29. The van der Waals surface area contributed by atoms with Gasteiger partial charge in [0.05, 0.1) is 23.8 Å². The van der Waals surface area contributed by atoms with Crippen molar-refractivity contribution in [1.82, 2.24) is 0 Å². The van der Waals surface area contributed by atoms with Crippen LogP contribution in [0.1, 0.15) is 10.4 Å². The summed E-state index contributed by atoms with van der Waals surface area (Å²) in [7, 11) is 1.42. The molecule has 0 aliphatic rings. The lowest BCUT2D eigenvalue weighted by Crippen LogP contribution is -1.98. The maximum atomic E-state index is 12.3. The number of carbonyl (C=O) groups excluding carboxylic acids is 1. The van der Waals surface area contributed by atoms with Crippen molar-refractivity contribution in [2.45, 2.75) is 0 Å². The molecule has 0 radical (unpaired) electrons. The van der Waals surface area contributed by atoms with Crippen molar-refractivity contribution in [3.05, 3.63) is 101 Å². The Morgan fingerprint density at radius 1 is 1.00 bits per heavy atom. The molecular weight excluding hydrogens is 356 g/mol. The second kappa shape index (κ2) is 8.64. The van der Waals surface area contributed by atoms with Gasteiger partial charge >= 0.3 is 0 Å². The average Bonchev–Trinajstić information content (AvgIpc) is 2.74. The van der Waals surface area contributed by atoms with Crippen molar-refractivity contribution in [3.63, 3.8) is 0 Å². The molecule has 0 bridgehead atoms. The molecular formula is C22H18N2O4. The second-order valence-corrected chi connectivity index (χ2v) is 5.93. The fourth-order valence-electron chi connectivity index (χ4n) is 2.67. The number of carbonyl (C=O) groups is 1. The van der Waals surface area contributed by atoms with Crippen LogP contribution in [0.25, 0.3) is 11.1 Å². The van der Waals surface area contributed by atoms with Crippen LogP contribution in [0.2, 0.25) is 0 Å². The first kappa shape index (κ1) is 18.8. The van der Waals surface area contributed by atoms with Crippen LogP contribution in [0, 0.1) is 10.1 Å². The number of ketones is 1. The lowest BCUT2D eigenvalue weighted by molar-refractivity contribution is -0.384. The molecule has 6 heteroatoms. The molecule has 0 unspecified atom stereocenters. The fraction of sp³-hybridized carbons (Fsp3) is 0.0455. The Morgan fingerprint density at radius 3 is 2.32 bits per heavy atom. The van der Waals surface area contributed by atoms with Crippen molar-refractivity contribution >= 4 is 17.2 Å². The molecule has 0 amide bonds. The number of rotatable bonds is 7. The Hall–Kier alpha value is -3.93. The molecule has 6 nitrogen and oxygen atoms in total. The third-order valence-corrected chi connectivity index (χ3v) is 4.15. The topological polar surface area (TPSA) is 81.5 Å². The monoisotopic (exact) mass is 374 g/mol. The van der Waals surface area contributed by atoms with E-state index in [0.29, 0.717) is 17.0 Å². The van der Waals surface area contributed by atoms with Crippen LogP contribution in [0.15, 0.2) is 85.1 Å². The van der Waals surface area contributed by atoms with E-state index >= 15 is 0 Å². The standard InChI is InChI=1S/C22H18N2O4/c1-28-22-15-19(24(26)27)11-12-20(22)23-14-13-21(25)18-9-7-17(8-10-18)16-5-3-2-4-6-16/h2-15,23H,1H3/b14-13+. The van der Waals surface area contributed by atoms with Gasteiger partial charge in [-0.1, -0.05) is 54.6 Å². The number of benzene rings is 3.